The lowest BCUT2D eigenvalue weighted by Gasteiger charge is -2.20. The van der Waals surface area contributed by atoms with Gasteiger partial charge in [-0.2, -0.15) is 5.10 Å². The largest absolute Gasteiger partial charge is 0.382 e. The highest BCUT2D eigenvalue weighted by molar-refractivity contribution is 5.76. The molecule has 0 aliphatic heterocycles. The maximum Gasteiger partial charge on any atom is 0.241 e. The van der Waals surface area contributed by atoms with E-state index in [0.29, 0.717) is 11.7 Å². The molecule has 2 rings (SSSR count). The first-order valence-electron chi connectivity index (χ1n) is 6.23. The molecule has 0 bridgehead atoms. The third kappa shape index (κ3) is 3.22. The van der Waals surface area contributed by atoms with Crippen molar-refractivity contribution in [2.75, 3.05) is 5.73 Å². The normalized spacial score (nSPS) is 18.2. The van der Waals surface area contributed by atoms with Gasteiger partial charge in [0.2, 0.25) is 5.91 Å². The summed E-state index contributed by atoms with van der Waals surface area (Å²) in [7, 11) is 0. The average Bonchev–Trinajstić information content (AvgIpc) is 2.89. The van der Waals surface area contributed by atoms with E-state index in [-0.39, 0.29) is 18.5 Å². The highest BCUT2D eigenvalue weighted by Gasteiger charge is 2.22. The molecule has 1 aromatic rings. The summed E-state index contributed by atoms with van der Waals surface area (Å²) in [5, 5.41) is 7.03. The van der Waals surface area contributed by atoms with E-state index < -0.39 is 0 Å². The zero-order chi connectivity index (χ0) is 12.3. The zero-order valence-corrected chi connectivity index (χ0v) is 10.2. The number of carbonyl (C=O) groups excluding carboxylic acids is 1. The number of aromatic nitrogens is 2. The number of nitrogen functional groups attached to an aromatic ring is 1. The minimum Gasteiger partial charge on any atom is -0.382 e. The monoisotopic (exact) mass is 236 g/mol. The fourth-order valence-electron chi connectivity index (χ4n) is 2.49. The third-order valence-electron chi connectivity index (χ3n) is 3.46. The molecule has 5 heteroatoms. The van der Waals surface area contributed by atoms with Gasteiger partial charge in [-0.15, -0.1) is 0 Å². The van der Waals surface area contributed by atoms with Gasteiger partial charge < -0.3 is 11.1 Å². The standard InChI is InChI=1S/C12H20N4O/c1-9(10-4-2-3-5-10)14-12(17)8-16-7-6-11(13)15-16/h6-7,9-10H,2-5,8H2,1H3,(H2,13,15)(H,14,17). The average molecular weight is 236 g/mol. The molecule has 94 valence electrons. The zero-order valence-electron chi connectivity index (χ0n) is 10.2. The Morgan fingerprint density at radius 2 is 2.35 bits per heavy atom. The number of anilines is 1. The van der Waals surface area contributed by atoms with Crippen LogP contribution >= 0.6 is 0 Å². The molecule has 1 aliphatic rings. The molecule has 0 radical (unpaired) electrons. The van der Waals surface area contributed by atoms with Crippen molar-refractivity contribution < 1.29 is 4.79 Å². The summed E-state index contributed by atoms with van der Waals surface area (Å²) in [4.78, 5) is 11.8. The lowest BCUT2D eigenvalue weighted by atomic mass is 10.00. The molecular weight excluding hydrogens is 216 g/mol. The fourth-order valence-corrected chi connectivity index (χ4v) is 2.49. The summed E-state index contributed by atoms with van der Waals surface area (Å²) in [5.41, 5.74) is 5.49. The van der Waals surface area contributed by atoms with Crippen molar-refractivity contribution in [2.24, 2.45) is 5.92 Å². The highest BCUT2D eigenvalue weighted by Crippen LogP contribution is 2.27. The Kier molecular flexibility index (Phi) is 3.66. The second-order valence-electron chi connectivity index (χ2n) is 4.84. The van der Waals surface area contributed by atoms with Gasteiger partial charge in [-0.3, -0.25) is 9.48 Å². The number of nitrogens with zero attached hydrogens (tertiary/aromatic N) is 2. The number of amides is 1. The quantitative estimate of drug-likeness (QED) is 0.824. The van der Waals surface area contributed by atoms with Crippen molar-refractivity contribution in [2.45, 2.75) is 45.2 Å². The molecule has 0 saturated heterocycles. The van der Waals surface area contributed by atoms with Crippen LogP contribution in [0.25, 0.3) is 0 Å². The van der Waals surface area contributed by atoms with Crippen LogP contribution in [0, 0.1) is 5.92 Å². The Morgan fingerprint density at radius 3 is 2.94 bits per heavy atom. The highest BCUT2D eigenvalue weighted by atomic mass is 16.2. The van der Waals surface area contributed by atoms with Crippen LogP contribution in [-0.2, 0) is 11.3 Å². The van der Waals surface area contributed by atoms with Crippen LogP contribution in [0.5, 0.6) is 0 Å². The van der Waals surface area contributed by atoms with Crippen molar-refractivity contribution in [3.05, 3.63) is 12.3 Å². The first kappa shape index (κ1) is 12.0. The Hall–Kier alpha value is -1.52. The van der Waals surface area contributed by atoms with Gasteiger partial charge >= 0.3 is 0 Å². The van der Waals surface area contributed by atoms with Gasteiger partial charge in [0.1, 0.15) is 12.4 Å². The SMILES string of the molecule is CC(NC(=O)Cn1ccc(N)n1)C1CCCC1. The molecule has 1 saturated carbocycles. The maximum atomic E-state index is 11.8. The van der Waals surface area contributed by atoms with Crippen LogP contribution in [0.2, 0.25) is 0 Å². The van der Waals surface area contributed by atoms with Crippen LogP contribution in [0.3, 0.4) is 0 Å². The Morgan fingerprint density at radius 1 is 1.65 bits per heavy atom. The van der Waals surface area contributed by atoms with E-state index >= 15 is 0 Å². The Bertz CT molecular complexity index is 382. The Labute approximate surface area is 101 Å². The minimum atomic E-state index is 0.00694. The van der Waals surface area contributed by atoms with E-state index in [2.05, 4.69) is 17.3 Å². The smallest absolute Gasteiger partial charge is 0.241 e. The van der Waals surface area contributed by atoms with E-state index in [1.165, 1.54) is 25.7 Å². The minimum absolute atomic E-state index is 0.00694. The number of rotatable bonds is 4. The maximum absolute atomic E-state index is 11.8. The van der Waals surface area contributed by atoms with Crippen LogP contribution < -0.4 is 11.1 Å². The summed E-state index contributed by atoms with van der Waals surface area (Å²) in [5.74, 6) is 1.09. The summed E-state index contributed by atoms with van der Waals surface area (Å²) in [6, 6.07) is 1.95. The first-order chi connectivity index (χ1) is 8.15. The van der Waals surface area contributed by atoms with E-state index in [1.807, 2.05) is 0 Å². The Balaban J connectivity index is 1.80. The molecular formula is C12H20N4O. The van der Waals surface area contributed by atoms with Gasteiger partial charge in [-0.1, -0.05) is 12.8 Å². The molecule has 0 spiro atoms. The summed E-state index contributed by atoms with van der Waals surface area (Å²) >= 11 is 0. The molecule has 1 fully saturated rings. The summed E-state index contributed by atoms with van der Waals surface area (Å²) in [6.07, 6.45) is 6.77. The summed E-state index contributed by atoms with van der Waals surface area (Å²) in [6.45, 7) is 2.33. The second kappa shape index (κ2) is 5.21. The van der Waals surface area contributed by atoms with E-state index in [4.69, 9.17) is 5.73 Å². The topological polar surface area (TPSA) is 72.9 Å². The number of nitrogens with one attached hydrogen (secondary N) is 1. The molecule has 17 heavy (non-hydrogen) atoms. The van der Waals surface area contributed by atoms with Gasteiger partial charge in [0.05, 0.1) is 0 Å². The van der Waals surface area contributed by atoms with Crippen LogP contribution in [0.4, 0.5) is 5.82 Å². The number of hydrogen-bond donors (Lipinski definition) is 2. The molecule has 3 N–H and O–H groups in total. The fraction of sp³-hybridized carbons (Fsp3) is 0.667. The number of hydrogen-bond acceptors (Lipinski definition) is 3. The molecule has 1 atom stereocenters. The van der Waals surface area contributed by atoms with Gasteiger partial charge in [0.15, 0.2) is 0 Å². The van der Waals surface area contributed by atoms with Crippen LogP contribution in [0.15, 0.2) is 12.3 Å². The predicted octanol–water partition coefficient (Wildman–Crippen LogP) is 1.16. The van der Waals surface area contributed by atoms with Crippen molar-refractivity contribution in [3.8, 4) is 0 Å². The molecule has 1 aliphatic carbocycles. The van der Waals surface area contributed by atoms with Gasteiger partial charge in [0, 0.05) is 12.2 Å². The van der Waals surface area contributed by atoms with Crippen molar-refractivity contribution in [3.63, 3.8) is 0 Å². The molecule has 0 aromatic carbocycles. The van der Waals surface area contributed by atoms with Crippen molar-refractivity contribution in [1.82, 2.24) is 15.1 Å². The number of carbonyl (C=O) groups is 1. The van der Waals surface area contributed by atoms with Crippen LogP contribution in [0.1, 0.15) is 32.6 Å². The molecule has 1 unspecified atom stereocenters. The van der Waals surface area contributed by atoms with Crippen LogP contribution in [-0.4, -0.2) is 21.7 Å². The number of nitrogens with two attached hydrogens (primary N) is 1. The van der Waals surface area contributed by atoms with Crippen molar-refractivity contribution in [1.29, 1.82) is 0 Å². The lowest BCUT2D eigenvalue weighted by molar-refractivity contribution is -0.122. The third-order valence-corrected chi connectivity index (χ3v) is 3.46. The lowest BCUT2D eigenvalue weighted by Crippen LogP contribution is -2.39. The van der Waals surface area contributed by atoms with Gasteiger partial charge in [0.25, 0.3) is 0 Å². The predicted molar refractivity (Wildman–Crippen MR) is 66.2 cm³/mol. The molecule has 1 amide bonds. The van der Waals surface area contributed by atoms with Gasteiger partial charge in [-0.05, 0) is 31.7 Å². The van der Waals surface area contributed by atoms with E-state index in [0.717, 1.165) is 0 Å². The summed E-state index contributed by atoms with van der Waals surface area (Å²) < 4.78 is 1.56. The van der Waals surface area contributed by atoms with E-state index in [9.17, 15) is 4.79 Å². The van der Waals surface area contributed by atoms with E-state index in [1.54, 1.807) is 16.9 Å². The van der Waals surface area contributed by atoms with Crippen molar-refractivity contribution >= 4 is 11.7 Å². The first-order valence-corrected chi connectivity index (χ1v) is 6.23. The molecule has 5 nitrogen and oxygen atoms in total. The van der Waals surface area contributed by atoms with Gasteiger partial charge in [-0.25, -0.2) is 0 Å². The molecule has 1 aromatic heterocycles. The second-order valence-corrected chi connectivity index (χ2v) is 4.84. The molecule has 1 heterocycles.